The fraction of sp³-hybridized carbons (Fsp3) is 0.500. The SMILES string of the molecule is COCCN(CCO)Cc1cc(F)ccc1Br. The molecule has 0 saturated carbocycles. The predicted molar refractivity (Wildman–Crippen MR) is 68.3 cm³/mol. The van der Waals surface area contributed by atoms with Gasteiger partial charge in [0, 0.05) is 31.2 Å². The quantitative estimate of drug-likeness (QED) is 0.837. The zero-order valence-corrected chi connectivity index (χ0v) is 11.4. The number of rotatable bonds is 7. The Morgan fingerprint density at radius 2 is 2.18 bits per heavy atom. The number of aliphatic hydroxyl groups is 1. The summed E-state index contributed by atoms with van der Waals surface area (Å²) in [7, 11) is 1.63. The van der Waals surface area contributed by atoms with Crippen molar-refractivity contribution in [2.75, 3.05) is 33.4 Å². The van der Waals surface area contributed by atoms with Gasteiger partial charge in [-0.05, 0) is 23.8 Å². The molecule has 0 aliphatic rings. The van der Waals surface area contributed by atoms with Crippen molar-refractivity contribution in [3.63, 3.8) is 0 Å². The van der Waals surface area contributed by atoms with E-state index in [1.54, 1.807) is 13.2 Å². The molecule has 0 heterocycles. The highest BCUT2D eigenvalue weighted by atomic mass is 79.9. The van der Waals surface area contributed by atoms with E-state index in [1.807, 2.05) is 4.90 Å². The van der Waals surface area contributed by atoms with Gasteiger partial charge in [-0.2, -0.15) is 0 Å². The lowest BCUT2D eigenvalue weighted by Crippen LogP contribution is -2.30. The number of ether oxygens (including phenoxy) is 1. The Balaban J connectivity index is 2.67. The Bertz CT molecular complexity index is 349. The molecule has 0 aliphatic heterocycles. The molecule has 0 atom stereocenters. The predicted octanol–water partition coefficient (Wildman–Crippen LogP) is 2.03. The monoisotopic (exact) mass is 305 g/mol. The van der Waals surface area contributed by atoms with Crippen LogP contribution in [0.2, 0.25) is 0 Å². The number of benzene rings is 1. The van der Waals surface area contributed by atoms with Gasteiger partial charge in [0.1, 0.15) is 5.82 Å². The van der Waals surface area contributed by atoms with Crippen LogP contribution in [-0.2, 0) is 11.3 Å². The molecule has 1 rings (SSSR count). The van der Waals surface area contributed by atoms with Gasteiger partial charge in [-0.3, -0.25) is 4.90 Å². The standard InChI is InChI=1S/C12H17BrFNO2/c1-17-7-5-15(4-6-16)9-10-8-11(14)2-3-12(10)13/h2-3,8,16H,4-7,9H2,1H3. The minimum Gasteiger partial charge on any atom is -0.395 e. The molecule has 0 aliphatic carbocycles. The molecule has 1 aromatic rings. The Hall–Kier alpha value is -0.490. The molecule has 5 heteroatoms. The Morgan fingerprint density at radius 3 is 2.82 bits per heavy atom. The number of hydrogen-bond acceptors (Lipinski definition) is 3. The minimum absolute atomic E-state index is 0.0800. The highest BCUT2D eigenvalue weighted by Crippen LogP contribution is 2.19. The average molecular weight is 306 g/mol. The zero-order valence-electron chi connectivity index (χ0n) is 9.83. The largest absolute Gasteiger partial charge is 0.395 e. The van der Waals surface area contributed by atoms with Crippen molar-refractivity contribution in [2.45, 2.75) is 6.54 Å². The topological polar surface area (TPSA) is 32.7 Å². The van der Waals surface area contributed by atoms with E-state index in [2.05, 4.69) is 15.9 Å². The molecule has 0 aromatic heterocycles. The highest BCUT2D eigenvalue weighted by molar-refractivity contribution is 9.10. The Morgan fingerprint density at radius 1 is 1.41 bits per heavy atom. The van der Waals surface area contributed by atoms with Gasteiger partial charge in [0.2, 0.25) is 0 Å². The Labute approximate surface area is 109 Å². The molecule has 1 N–H and O–H groups in total. The van der Waals surface area contributed by atoms with Gasteiger partial charge in [-0.1, -0.05) is 15.9 Å². The third-order valence-corrected chi connectivity index (χ3v) is 3.20. The van der Waals surface area contributed by atoms with Crippen LogP contribution in [0, 0.1) is 5.82 Å². The summed E-state index contributed by atoms with van der Waals surface area (Å²) in [5.74, 6) is -0.251. The molecule has 0 bridgehead atoms. The number of nitrogens with zero attached hydrogens (tertiary/aromatic N) is 1. The van der Waals surface area contributed by atoms with Crippen molar-refractivity contribution in [1.29, 1.82) is 0 Å². The Kier molecular flexibility index (Phi) is 6.65. The fourth-order valence-corrected chi connectivity index (χ4v) is 1.91. The van der Waals surface area contributed by atoms with E-state index in [4.69, 9.17) is 9.84 Å². The molecule has 96 valence electrons. The van der Waals surface area contributed by atoms with Crippen molar-refractivity contribution < 1.29 is 14.2 Å². The first kappa shape index (κ1) is 14.6. The first-order chi connectivity index (χ1) is 8.17. The van der Waals surface area contributed by atoms with Crippen molar-refractivity contribution in [1.82, 2.24) is 4.90 Å². The van der Waals surface area contributed by atoms with E-state index >= 15 is 0 Å². The first-order valence-electron chi connectivity index (χ1n) is 5.43. The maximum atomic E-state index is 13.1. The van der Waals surface area contributed by atoms with Crippen LogP contribution in [-0.4, -0.2) is 43.4 Å². The van der Waals surface area contributed by atoms with Gasteiger partial charge in [0.25, 0.3) is 0 Å². The zero-order chi connectivity index (χ0) is 12.7. The molecule has 0 amide bonds. The summed E-state index contributed by atoms with van der Waals surface area (Å²) in [6.07, 6.45) is 0. The number of hydrogen-bond donors (Lipinski definition) is 1. The molecule has 1 aromatic carbocycles. The van der Waals surface area contributed by atoms with Crippen LogP contribution in [0.15, 0.2) is 22.7 Å². The normalized spacial score (nSPS) is 11.1. The average Bonchev–Trinajstić information content (AvgIpc) is 2.31. The van der Waals surface area contributed by atoms with Gasteiger partial charge in [0.15, 0.2) is 0 Å². The summed E-state index contributed by atoms with van der Waals surface area (Å²) in [6, 6.07) is 4.61. The van der Waals surface area contributed by atoms with Crippen LogP contribution in [0.25, 0.3) is 0 Å². The summed E-state index contributed by atoms with van der Waals surface area (Å²) in [5.41, 5.74) is 0.870. The van der Waals surface area contributed by atoms with Gasteiger partial charge < -0.3 is 9.84 Å². The molecule has 0 spiro atoms. The van der Waals surface area contributed by atoms with E-state index < -0.39 is 0 Å². The second-order valence-corrected chi connectivity index (χ2v) is 4.58. The van der Waals surface area contributed by atoms with Crippen molar-refractivity contribution >= 4 is 15.9 Å². The molecule has 0 saturated heterocycles. The van der Waals surface area contributed by atoms with Crippen LogP contribution < -0.4 is 0 Å². The number of halogens is 2. The number of methoxy groups -OCH3 is 1. The number of aliphatic hydroxyl groups excluding tert-OH is 1. The molecular formula is C12H17BrFNO2. The summed E-state index contributed by atoms with van der Waals surface area (Å²) in [6.45, 7) is 2.51. The van der Waals surface area contributed by atoms with Crippen molar-refractivity contribution in [3.05, 3.63) is 34.1 Å². The van der Waals surface area contributed by atoms with Gasteiger partial charge in [0.05, 0.1) is 13.2 Å². The second-order valence-electron chi connectivity index (χ2n) is 3.73. The highest BCUT2D eigenvalue weighted by Gasteiger charge is 2.08. The van der Waals surface area contributed by atoms with Crippen LogP contribution >= 0.6 is 15.9 Å². The smallest absolute Gasteiger partial charge is 0.123 e. The molecule has 0 fully saturated rings. The van der Waals surface area contributed by atoms with Crippen molar-refractivity contribution in [3.8, 4) is 0 Å². The maximum Gasteiger partial charge on any atom is 0.123 e. The molecule has 3 nitrogen and oxygen atoms in total. The second kappa shape index (κ2) is 7.76. The summed E-state index contributed by atoms with van der Waals surface area (Å²) < 4.78 is 19.0. The van der Waals surface area contributed by atoms with E-state index in [1.165, 1.54) is 12.1 Å². The first-order valence-corrected chi connectivity index (χ1v) is 6.22. The lowest BCUT2D eigenvalue weighted by Gasteiger charge is -2.21. The summed E-state index contributed by atoms with van der Waals surface area (Å²) in [5, 5.41) is 8.97. The van der Waals surface area contributed by atoms with E-state index in [0.29, 0.717) is 26.2 Å². The van der Waals surface area contributed by atoms with Crippen LogP contribution in [0.4, 0.5) is 4.39 Å². The summed E-state index contributed by atoms with van der Waals surface area (Å²) >= 11 is 3.39. The summed E-state index contributed by atoms with van der Waals surface area (Å²) in [4.78, 5) is 2.02. The maximum absolute atomic E-state index is 13.1. The molecular weight excluding hydrogens is 289 g/mol. The van der Waals surface area contributed by atoms with Crippen molar-refractivity contribution in [2.24, 2.45) is 0 Å². The lowest BCUT2D eigenvalue weighted by molar-refractivity contribution is 0.126. The molecule has 0 unspecified atom stereocenters. The van der Waals surface area contributed by atoms with E-state index in [9.17, 15) is 4.39 Å². The van der Waals surface area contributed by atoms with Crippen LogP contribution in [0.5, 0.6) is 0 Å². The van der Waals surface area contributed by atoms with Crippen LogP contribution in [0.1, 0.15) is 5.56 Å². The molecule has 17 heavy (non-hydrogen) atoms. The van der Waals surface area contributed by atoms with Gasteiger partial charge in [-0.15, -0.1) is 0 Å². The minimum atomic E-state index is -0.251. The third-order valence-electron chi connectivity index (χ3n) is 2.43. The van der Waals surface area contributed by atoms with Crippen LogP contribution in [0.3, 0.4) is 0 Å². The molecule has 0 radical (unpaired) electrons. The lowest BCUT2D eigenvalue weighted by atomic mass is 10.2. The van der Waals surface area contributed by atoms with E-state index in [0.717, 1.165) is 10.0 Å². The van der Waals surface area contributed by atoms with E-state index in [-0.39, 0.29) is 12.4 Å². The van der Waals surface area contributed by atoms with Gasteiger partial charge in [-0.25, -0.2) is 4.39 Å². The fourth-order valence-electron chi connectivity index (χ4n) is 1.54. The van der Waals surface area contributed by atoms with Gasteiger partial charge >= 0.3 is 0 Å². The third kappa shape index (κ3) is 5.12.